The van der Waals surface area contributed by atoms with Crippen LogP contribution in [-0.2, 0) is 0 Å². The van der Waals surface area contributed by atoms with Gasteiger partial charge in [-0.15, -0.1) is 11.3 Å². The molecule has 5 nitrogen and oxygen atoms in total. The molecule has 0 unspecified atom stereocenters. The Morgan fingerprint density at radius 2 is 0.962 bits per heavy atom. The van der Waals surface area contributed by atoms with Crippen LogP contribution in [0.4, 0.5) is 0 Å². The smallest absolute Gasteiger partial charge is 0.164 e. The van der Waals surface area contributed by atoms with Gasteiger partial charge in [-0.3, -0.25) is 0 Å². The fraction of sp³-hybridized carbons (Fsp3) is 0. The number of para-hydroxylation sites is 1. The number of benzene rings is 7. The fourth-order valence-corrected chi connectivity index (χ4v) is 8.85. The summed E-state index contributed by atoms with van der Waals surface area (Å²) in [6, 6.07) is 52.6. The molecule has 0 fully saturated rings. The summed E-state index contributed by atoms with van der Waals surface area (Å²) in [6.07, 6.45) is 1.87. The molecule has 0 saturated heterocycles. The van der Waals surface area contributed by atoms with Crippen molar-refractivity contribution in [3.63, 3.8) is 0 Å². The molecule has 0 bridgehead atoms. The van der Waals surface area contributed by atoms with Crippen molar-refractivity contribution in [2.75, 3.05) is 0 Å². The first-order chi connectivity index (χ1) is 25.8. The number of fused-ring (bicyclic) bond motifs is 9. The summed E-state index contributed by atoms with van der Waals surface area (Å²) >= 11 is 1.76. The average Bonchev–Trinajstić information content (AvgIpc) is 3.79. The van der Waals surface area contributed by atoms with Crippen molar-refractivity contribution in [2.24, 2.45) is 0 Å². The largest absolute Gasteiger partial charge is 0.456 e. The molecule has 11 rings (SSSR count). The average molecular weight is 683 g/mol. The molecule has 0 spiro atoms. The number of aromatic nitrogens is 4. The summed E-state index contributed by atoms with van der Waals surface area (Å²) in [4.78, 5) is 21.2. The van der Waals surface area contributed by atoms with Crippen LogP contribution >= 0.6 is 11.3 Å². The Morgan fingerprint density at radius 1 is 0.385 bits per heavy atom. The summed E-state index contributed by atoms with van der Waals surface area (Å²) in [5, 5.41) is 9.14. The van der Waals surface area contributed by atoms with Crippen LogP contribution in [0.5, 0.6) is 0 Å². The lowest BCUT2D eigenvalue weighted by atomic mass is 9.91. The Hall–Kier alpha value is -6.76. The number of hydrogen-bond donors (Lipinski definition) is 0. The molecule has 4 heterocycles. The molecule has 0 amide bonds. The molecule has 0 atom stereocenters. The SMILES string of the molecule is c1ccc(-c2nc(-c3ccc(-c4cccc5c4ccc4c6cccnc6sc54)c4ccccc34)nc(-c3cccc4oc5ccccc5c34)n2)cc1. The monoisotopic (exact) mass is 682 g/mol. The van der Waals surface area contributed by atoms with E-state index in [1.54, 1.807) is 11.3 Å². The van der Waals surface area contributed by atoms with E-state index in [0.29, 0.717) is 17.5 Å². The Balaban J connectivity index is 1.14. The van der Waals surface area contributed by atoms with Crippen LogP contribution < -0.4 is 0 Å². The summed E-state index contributed by atoms with van der Waals surface area (Å²) in [7, 11) is 0. The highest BCUT2D eigenvalue weighted by Crippen LogP contribution is 2.43. The van der Waals surface area contributed by atoms with Gasteiger partial charge >= 0.3 is 0 Å². The van der Waals surface area contributed by atoms with Crippen LogP contribution in [-0.4, -0.2) is 19.9 Å². The van der Waals surface area contributed by atoms with Crippen molar-refractivity contribution in [2.45, 2.75) is 0 Å². The third-order valence-corrected chi connectivity index (χ3v) is 11.2. The normalized spacial score (nSPS) is 11.8. The molecular formula is C46H26N4OS. The highest BCUT2D eigenvalue weighted by atomic mass is 32.1. The number of thiophene rings is 1. The molecule has 0 aliphatic carbocycles. The van der Waals surface area contributed by atoms with E-state index in [4.69, 9.17) is 19.4 Å². The zero-order chi connectivity index (χ0) is 34.2. The minimum atomic E-state index is 0.602. The number of rotatable bonds is 4. The van der Waals surface area contributed by atoms with Gasteiger partial charge in [-0.1, -0.05) is 121 Å². The molecule has 0 N–H and O–H groups in total. The molecule has 6 heteroatoms. The van der Waals surface area contributed by atoms with Gasteiger partial charge in [-0.05, 0) is 57.6 Å². The molecule has 52 heavy (non-hydrogen) atoms. The Kier molecular flexibility index (Phi) is 6.35. The van der Waals surface area contributed by atoms with Gasteiger partial charge in [-0.2, -0.15) is 0 Å². The maximum Gasteiger partial charge on any atom is 0.164 e. The van der Waals surface area contributed by atoms with Gasteiger partial charge < -0.3 is 4.42 Å². The first-order valence-electron chi connectivity index (χ1n) is 17.2. The first kappa shape index (κ1) is 29.0. The predicted octanol–water partition coefficient (Wildman–Crippen LogP) is 12.5. The molecule has 0 radical (unpaired) electrons. The Morgan fingerprint density at radius 3 is 1.85 bits per heavy atom. The Labute approximate surface area is 301 Å². The zero-order valence-electron chi connectivity index (χ0n) is 27.6. The molecule has 0 aliphatic rings. The molecule has 4 aromatic heterocycles. The van der Waals surface area contributed by atoms with Crippen LogP contribution in [0, 0.1) is 0 Å². The second-order valence-electron chi connectivity index (χ2n) is 13.0. The molecule has 0 saturated carbocycles. The van der Waals surface area contributed by atoms with Crippen molar-refractivity contribution < 1.29 is 4.42 Å². The molecule has 7 aromatic carbocycles. The molecule has 242 valence electrons. The first-order valence-corrected chi connectivity index (χ1v) is 18.0. The van der Waals surface area contributed by atoms with Gasteiger partial charge in [0, 0.05) is 54.5 Å². The third kappa shape index (κ3) is 4.41. The highest BCUT2D eigenvalue weighted by molar-refractivity contribution is 7.26. The van der Waals surface area contributed by atoms with Crippen LogP contribution in [0.1, 0.15) is 0 Å². The lowest BCUT2D eigenvalue weighted by molar-refractivity contribution is 0.669. The standard InChI is InChI=1S/C46H26N4OS/c1-2-11-27(12-3-1)43-48-44(50-45(49-43)38-18-9-21-40-41(38)37-15-6-7-20-39(37)51-40)35-25-23-31(28-13-4-5-14-30(28)35)29-16-8-17-33-32(29)22-24-34-36-19-10-26-47-46(36)52-42(33)34/h1-26H. The minimum absolute atomic E-state index is 0.602. The van der Waals surface area contributed by atoms with Crippen molar-refractivity contribution in [3.8, 4) is 45.3 Å². The van der Waals surface area contributed by atoms with Gasteiger partial charge in [0.15, 0.2) is 17.5 Å². The van der Waals surface area contributed by atoms with Gasteiger partial charge in [-0.25, -0.2) is 19.9 Å². The van der Waals surface area contributed by atoms with Gasteiger partial charge in [0.25, 0.3) is 0 Å². The molecule has 11 aromatic rings. The second kappa shape index (κ2) is 11.4. The maximum atomic E-state index is 6.25. The van der Waals surface area contributed by atoms with Gasteiger partial charge in [0.2, 0.25) is 0 Å². The summed E-state index contributed by atoms with van der Waals surface area (Å²) < 4.78 is 7.52. The van der Waals surface area contributed by atoms with E-state index in [0.717, 1.165) is 59.8 Å². The van der Waals surface area contributed by atoms with Crippen molar-refractivity contribution in [3.05, 3.63) is 158 Å². The quantitative estimate of drug-likeness (QED) is 0.185. The van der Waals surface area contributed by atoms with Crippen molar-refractivity contribution >= 4 is 75.1 Å². The van der Waals surface area contributed by atoms with E-state index in [1.807, 2.05) is 72.9 Å². The predicted molar refractivity (Wildman–Crippen MR) is 215 cm³/mol. The van der Waals surface area contributed by atoms with E-state index in [2.05, 4.69) is 89.9 Å². The second-order valence-corrected chi connectivity index (χ2v) is 14.0. The van der Waals surface area contributed by atoms with Crippen molar-refractivity contribution in [1.82, 2.24) is 19.9 Å². The van der Waals surface area contributed by atoms with Crippen LogP contribution in [0.3, 0.4) is 0 Å². The maximum absolute atomic E-state index is 6.25. The van der Waals surface area contributed by atoms with Gasteiger partial charge in [0.05, 0.1) is 0 Å². The molecule has 0 aliphatic heterocycles. The topological polar surface area (TPSA) is 64.7 Å². The third-order valence-electron chi connectivity index (χ3n) is 10.0. The van der Waals surface area contributed by atoms with E-state index in [9.17, 15) is 0 Å². The van der Waals surface area contributed by atoms with E-state index >= 15 is 0 Å². The van der Waals surface area contributed by atoms with E-state index in [-0.39, 0.29) is 0 Å². The highest BCUT2D eigenvalue weighted by Gasteiger charge is 2.20. The minimum Gasteiger partial charge on any atom is -0.456 e. The molecular weight excluding hydrogens is 657 g/mol. The van der Waals surface area contributed by atoms with Crippen molar-refractivity contribution in [1.29, 1.82) is 0 Å². The number of hydrogen-bond acceptors (Lipinski definition) is 6. The summed E-state index contributed by atoms with van der Waals surface area (Å²) in [6.45, 7) is 0. The van der Waals surface area contributed by atoms with Crippen LogP contribution in [0.2, 0.25) is 0 Å². The number of furan rings is 1. The fourth-order valence-electron chi connectivity index (χ4n) is 7.68. The lowest BCUT2D eigenvalue weighted by Crippen LogP contribution is -2.01. The van der Waals surface area contributed by atoms with E-state index in [1.165, 1.54) is 31.8 Å². The Bertz CT molecular complexity index is 3200. The van der Waals surface area contributed by atoms with Crippen LogP contribution in [0.25, 0.3) is 109 Å². The summed E-state index contributed by atoms with van der Waals surface area (Å²) in [5.41, 5.74) is 6.77. The van der Waals surface area contributed by atoms with E-state index < -0.39 is 0 Å². The number of pyridine rings is 1. The number of nitrogens with zero attached hydrogens (tertiary/aromatic N) is 4. The van der Waals surface area contributed by atoms with Gasteiger partial charge in [0.1, 0.15) is 16.0 Å². The van der Waals surface area contributed by atoms with Crippen LogP contribution in [0.15, 0.2) is 162 Å². The lowest BCUT2D eigenvalue weighted by Gasteiger charge is -2.15. The summed E-state index contributed by atoms with van der Waals surface area (Å²) in [5.74, 6) is 1.84. The zero-order valence-corrected chi connectivity index (χ0v) is 28.4.